The largest absolute Gasteiger partial charge is 0.465 e. The maximum absolute atomic E-state index is 11.6. The van der Waals surface area contributed by atoms with E-state index < -0.39 is 0 Å². The monoisotopic (exact) mass is 217 g/mol. The third-order valence-corrected chi connectivity index (χ3v) is 2.64. The first kappa shape index (κ1) is 10.7. The van der Waals surface area contributed by atoms with Crippen molar-refractivity contribution in [2.24, 2.45) is 0 Å². The second-order valence-electron chi connectivity index (χ2n) is 3.81. The van der Waals surface area contributed by atoms with Crippen molar-refractivity contribution < 1.29 is 9.53 Å². The Bertz CT molecular complexity index is 514. The van der Waals surface area contributed by atoms with Gasteiger partial charge in [-0.2, -0.15) is 0 Å². The minimum atomic E-state index is -0.296. The highest BCUT2D eigenvalue weighted by atomic mass is 16.5. The highest BCUT2D eigenvalue weighted by Crippen LogP contribution is 2.20. The van der Waals surface area contributed by atoms with Crippen LogP contribution in [0.3, 0.4) is 0 Å². The van der Waals surface area contributed by atoms with Gasteiger partial charge in [0.15, 0.2) is 0 Å². The number of aromatic nitrogens is 1. The first-order valence-corrected chi connectivity index (χ1v) is 5.45. The summed E-state index contributed by atoms with van der Waals surface area (Å²) in [6.07, 6.45) is 2.08. The molecule has 2 aromatic rings. The number of aromatic amines is 1. The number of benzene rings is 1. The van der Waals surface area contributed by atoms with Crippen molar-refractivity contribution in [3.05, 3.63) is 35.5 Å². The lowest BCUT2D eigenvalue weighted by molar-refractivity contribution is 0.0603. The molecule has 0 aliphatic carbocycles. The molecule has 0 saturated heterocycles. The van der Waals surface area contributed by atoms with Crippen LogP contribution in [0.5, 0.6) is 0 Å². The van der Waals surface area contributed by atoms with Gasteiger partial charge in [-0.15, -0.1) is 0 Å². The molecule has 16 heavy (non-hydrogen) atoms. The van der Waals surface area contributed by atoms with E-state index >= 15 is 0 Å². The molecule has 1 aromatic heterocycles. The number of esters is 1. The number of para-hydroxylation sites is 1. The summed E-state index contributed by atoms with van der Waals surface area (Å²) < 4.78 is 4.75. The number of methoxy groups -OCH3 is 1. The average molecular weight is 217 g/mol. The Kier molecular flexibility index (Phi) is 2.95. The smallest absolute Gasteiger partial charge is 0.339 e. The zero-order valence-electron chi connectivity index (χ0n) is 9.54. The first-order valence-electron chi connectivity index (χ1n) is 5.45. The quantitative estimate of drug-likeness (QED) is 0.803. The molecule has 3 heteroatoms. The van der Waals surface area contributed by atoms with E-state index in [0.717, 1.165) is 29.4 Å². The minimum absolute atomic E-state index is 0.296. The summed E-state index contributed by atoms with van der Waals surface area (Å²) >= 11 is 0. The van der Waals surface area contributed by atoms with Gasteiger partial charge in [0.05, 0.1) is 18.2 Å². The standard InChI is InChI=1S/C13H15NO2/c1-3-5-10-8-9-6-4-7-11(12(9)14-10)13(15)16-2/h4,6-8,14H,3,5H2,1-2H3. The van der Waals surface area contributed by atoms with E-state index in [1.807, 2.05) is 12.1 Å². The highest BCUT2D eigenvalue weighted by Gasteiger charge is 2.11. The molecule has 84 valence electrons. The molecule has 0 fully saturated rings. The number of rotatable bonds is 3. The number of H-pyrrole nitrogens is 1. The van der Waals surface area contributed by atoms with Gasteiger partial charge in [-0.3, -0.25) is 0 Å². The maximum Gasteiger partial charge on any atom is 0.339 e. The number of hydrogen-bond donors (Lipinski definition) is 1. The van der Waals surface area contributed by atoms with Crippen LogP contribution in [0, 0.1) is 0 Å². The molecule has 0 unspecified atom stereocenters. The number of aryl methyl sites for hydroxylation is 1. The van der Waals surface area contributed by atoms with Crippen molar-refractivity contribution in [3.63, 3.8) is 0 Å². The summed E-state index contributed by atoms with van der Waals surface area (Å²) in [5.74, 6) is -0.296. The van der Waals surface area contributed by atoms with Crippen LogP contribution in [0.4, 0.5) is 0 Å². The Morgan fingerprint density at radius 2 is 2.25 bits per heavy atom. The molecular formula is C13H15NO2. The van der Waals surface area contributed by atoms with Gasteiger partial charge in [0.1, 0.15) is 0 Å². The molecule has 0 amide bonds. The van der Waals surface area contributed by atoms with Gasteiger partial charge in [0.25, 0.3) is 0 Å². The third-order valence-electron chi connectivity index (χ3n) is 2.64. The molecule has 1 heterocycles. The average Bonchev–Trinajstić information content (AvgIpc) is 2.70. The molecule has 3 nitrogen and oxygen atoms in total. The molecule has 0 bridgehead atoms. The van der Waals surface area contributed by atoms with E-state index in [1.54, 1.807) is 6.07 Å². The second-order valence-corrected chi connectivity index (χ2v) is 3.81. The van der Waals surface area contributed by atoms with E-state index in [-0.39, 0.29) is 5.97 Å². The Labute approximate surface area is 94.4 Å². The van der Waals surface area contributed by atoms with E-state index in [2.05, 4.69) is 18.0 Å². The van der Waals surface area contributed by atoms with Crippen LogP contribution in [0.2, 0.25) is 0 Å². The van der Waals surface area contributed by atoms with Crippen LogP contribution in [-0.2, 0) is 11.2 Å². The van der Waals surface area contributed by atoms with Crippen molar-refractivity contribution in [3.8, 4) is 0 Å². The lowest BCUT2D eigenvalue weighted by Gasteiger charge is -2.00. The number of fused-ring (bicyclic) bond motifs is 1. The van der Waals surface area contributed by atoms with Crippen molar-refractivity contribution in [1.29, 1.82) is 0 Å². The van der Waals surface area contributed by atoms with Gasteiger partial charge >= 0.3 is 5.97 Å². The molecule has 2 rings (SSSR count). The lowest BCUT2D eigenvalue weighted by Crippen LogP contribution is -2.01. The zero-order valence-corrected chi connectivity index (χ0v) is 9.54. The predicted molar refractivity (Wildman–Crippen MR) is 63.6 cm³/mol. The fourth-order valence-electron chi connectivity index (χ4n) is 1.90. The number of carbonyl (C=O) groups excluding carboxylic acids is 1. The van der Waals surface area contributed by atoms with E-state index in [9.17, 15) is 4.79 Å². The van der Waals surface area contributed by atoms with Crippen LogP contribution in [0.1, 0.15) is 29.4 Å². The van der Waals surface area contributed by atoms with Crippen LogP contribution >= 0.6 is 0 Å². The highest BCUT2D eigenvalue weighted by molar-refractivity contribution is 6.03. The second kappa shape index (κ2) is 4.39. The fourth-order valence-corrected chi connectivity index (χ4v) is 1.90. The van der Waals surface area contributed by atoms with Crippen molar-refractivity contribution in [2.45, 2.75) is 19.8 Å². The van der Waals surface area contributed by atoms with Gasteiger partial charge in [-0.25, -0.2) is 4.79 Å². The summed E-state index contributed by atoms with van der Waals surface area (Å²) in [7, 11) is 1.40. The summed E-state index contributed by atoms with van der Waals surface area (Å²) in [5.41, 5.74) is 2.63. The Morgan fingerprint density at radius 1 is 1.44 bits per heavy atom. The first-order chi connectivity index (χ1) is 7.76. The van der Waals surface area contributed by atoms with Crippen LogP contribution in [0.15, 0.2) is 24.3 Å². The Morgan fingerprint density at radius 3 is 2.94 bits per heavy atom. The Balaban J connectivity index is 2.54. The van der Waals surface area contributed by atoms with Gasteiger partial charge < -0.3 is 9.72 Å². The molecule has 0 aliphatic rings. The molecule has 0 aliphatic heterocycles. The number of hydrogen-bond acceptors (Lipinski definition) is 2. The minimum Gasteiger partial charge on any atom is -0.465 e. The molecule has 0 atom stereocenters. The lowest BCUT2D eigenvalue weighted by atomic mass is 10.1. The topological polar surface area (TPSA) is 42.1 Å². The summed E-state index contributed by atoms with van der Waals surface area (Å²) in [6, 6.07) is 7.74. The van der Waals surface area contributed by atoms with Gasteiger partial charge in [-0.05, 0) is 18.6 Å². The fraction of sp³-hybridized carbons (Fsp3) is 0.308. The van der Waals surface area contributed by atoms with Crippen LogP contribution in [0.25, 0.3) is 10.9 Å². The zero-order chi connectivity index (χ0) is 11.5. The Hall–Kier alpha value is -1.77. The number of nitrogens with one attached hydrogen (secondary N) is 1. The molecule has 0 radical (unpaired) electrons. The predicted octanol–water partition coefficient (Wildman–Crippen LogP) is 2.91. The summed E-state index contributed by atoms with van der Waals surface area (Å²) in [6.45, 7) is 2.13. The van der Waals surface area contributed by atoms with E-state index in [1.165, 1.54) is 7.11 Å². The normalized spacial score (nSPS) is 10.6. The summed E-state index contributed by atoms with van der Waals surface area (Å²) in [4.78, 5) is 14.8. The SMILES string of the molecule is CCCc1cc2cccc(C(=O)OC)c2[nH]1. The third kappa shape index (κ3) is 1.81. The number of ether oxygens (including phenoxy) is 1. The molecule has 1 N–H and O–H groups in total. The van der Waals surface area contributed by atoms with Crippen LogP contribution < -0.4 is 0 Å². The van der Waals surface area contributed by atoms with Crippen LogP contribution in [-0.4, -0.2) is 18.1 Å². The van der Waals surface area contributed by atoms with Crippen molar-refractivity contribution in [1.82, 2.24) is 4.98 Å². The van der Waals surface area contributed by atoms with Gasteiger partial charge in [0.2, 0.25) is 0 Å². The van der Waals surface area contributed by atoms with Crippen molar-refractivity contribution in [2.75, 3.05) is 7.11 Å². The molecule has 1 aromatic carbocycles. The maximum atomic E-state index is 11.6. The van der Waals surface area contributed by atoms with Crippen molar-refractivity contribution >= 4 is 16.9 Å². The number of carbonyl (C=O) groups is 1. The van der Waals surface area contributed by atoms with Gasteiger partial charge in [0, 0.05) is 11.1 Å². The molecule has 0 saturated carbocycles. The van der Waals surface area contributed by atoms with E-state index in [0.29, 0.717) is 5.56 Å². The van der Waals surface area contributed by atoms with Gasteiger partial charge in [-0.1, -0.05) is 25.5 Å². The summed E-state index contributed by atoms with van der Waals surface area (Å²) in [5, 5.41) is 1.06. The van der Waals surface area contributed by atoms with E-state index in [4.69, 9.17) is 4.74 Å². The molecule has 0 spiro atoms. The molecular weight excluding hydrogens is 202 g/mol.